The Balaban J connectivity index is 2.27. The number of carbonyl (C=O) groups excluding carboxylic acids is 2. The smallest absolute Gasteiger partial charge is 0.282 e. The highest BCUT2D eigenvalue weighted by Crippen LogP contribution is 2.37. The molecule has 2 aliphatic rings. The van der Waals surface area contributed by atoms with Gasteiger partial charge in [0.1, 0.15) is 0 Å². The van der Waals surface area contributed by atoms with Gasteiger partial charge in [0, 0.05) is 18.7 Å². The Bertz CT molecular complexity index is 941. The van der Waals surface area contributed by atoms with Crippen LogP contribution in [0.15, 0.2) is 40.3 Å². The molecule has 9 nitrogen and oxygen atoms in total. The predicted molar refractivity (Wildman–Crippen MR) is 99.1 cm³/mol. The first-order valence-electron chi connectivity index (χ1n) is 8.62. The molecule has 0 aliphatic carbocycles. The molecule has 2 heterocycles. The van der Waals surface area contributed by atoms with Crippen LogP contribution in [-0.2, 0) is 14.9 Å². The average Bonchev–Trinajstić information content (AvgIpc) is 3.05. The van der Waals surface area contributed by atoms with Crippen LogP contribution < -0.4 is 0 Å². The Kier molecular flexibility index (Phi) is 4.87. The molecule has 144 valence electrons. The van der Waals surface area contributed by atoms with Crippen molar-refractivity contribution in [2.45, 2.75) is 31.7 Å². The molecule has 10 heteroatoms. The zero-order chi connectivity index (χ0) is 19.8. The minimum Gasteiger partial charge on any atom is -0.282 e. The molecule has 1 fully saturated rings. The second-order valence-electron chi connectivity index (χ2n) is 6.24. The molecule has 0 bridgehead atoms. The number of amides is 3. The third-order valence-corrected chi connectivity index (χ3v) is 5.57. The van der Waals surface area contributed by atoms with Gasteiger partial charge in [-0.2, -0.15) is 8.42 Å². The lowest BCUT2D eigenvalue weighted by Crippen LogP contribution is -2.70. The molecule has 1 unspecified atom stereocenters. The Morgan fingerprint density at radius 3 is 2.26 bits per heavy atom. The van der Waals surface area contributed by atoms with Gasteiger partial charge in [0.25, 0.3) is 5.91 Å². The quantitative estimate of drug-likeness (QED) is 0.736. The van der Waals surface area contributed by atoms with E-state index in [0.717, 1.165) is 9.80 Å². The average molecular weight is 392 g/mol. The molecule has 0 aromatic heterocycles. The summed E-state index contributed by atoms with van der Waals surface area (Å²) in [6.45, 7) is 3.63. The van der Waals surface area contributed by atoms with Crippen LogP contribution in [0.25, 0.3) is 0 Å². The number of imide groups is 1. The van der Waals surface area contributed by atoms with Crippen molar-refractivity contribution in [3.63, 3.8) is 0 Å². The largest absolute Gasteiger partial charge is 0.330 e. The van der Waals surface area contributed by atoms with E-state index in [1.807, 2.05) is 0 Å². The van der Waals surface area contributed by atoms with Gasteiger partial charge < -0.3 is 0 Å². The van der Waals surface area contributed by atoms with E-state index in [1.54, 1.807) is 44.2 Å². The third-order valence-electron chi connectivity index (χ3n) is 4.35. The van der Waals surface area contributed by atoms with Crippen molar-refractivity contribution >= 4 is 33.6 Å². The number of hydrogen-bond acceptors (Lipinski definition) is 6. The lowest BCUT2D eigenvalue weighted by molar-refractivity contribution is -0.123. The van der Waals surface area contributed by atoms with Crippen molar-refractivity contribution in [1.82, 2.24) is 9.80 Å². The first-order chi connectivity index (χ1) is 12.8. The second kappa shape index (κ2) is 6.86. The van der Waals surface area contributed by atoms with E-state index in [0.29, 0.717) is 18.4 Å². The third kappa shape index (κ3) is 2.85. The summed E-state index contributed by atoms with van der Waals surface area (Å²) in [5, 5.41) is 0. The molecule has 0 radical (unpaired) electrons. The van der Waals surface area contributed by atoms with Crippen LogP contribution in [0.3, 0.4) is 0 Å². The van der Waals surface area contributed by atoms with E-state index in [-0.39, 0.29) is 18.9 Å². The van der Waals surface area contributed by atoms with E-state index < -0.39 is 32.8 Å². The van der Waals surface area contributed by atoms with Crippen molar-refractivity contribution in [3.8, 4) is 0 Å². The predicted octanol–water partition coefficient (Wildman–Crippen LogP) is 1.51. The number of nitrogens with zero attached hydrogens (tertiary/aromatic N) is 4. The van der Waals surface area contributed by atoms with E-state index in [2.05, 4.69) is 9.98 Å². The van der Waals surface area contributed by atoms with Crippen LogP contribution in [0, 0.1) is 0 Å². The molecule has 3 rings (SSSR count). The summed E-state index contributed by atoms with van der Waals surface area (Å²) < 4.78 is 34.9. The summed E-state index contributed by atoms with van der Waals surface area (Å²) in [6.07, 6.45) is 0.899. The second-order valence-corrected chi connectivity index (χ2v) is 7.76. The fourth-order valence-electron chi connectivity index (χ4n) is 3.19. The summed E-state index contributed by atoms with van der Waals surface area (Å²) in [4.78, 5) is 33.3. The Labute approximate surface area is 157 Å². The van der Waals surface area contributed by atoms with Gasteiger partial charge in [0.05, 0.1) is 0 Å². The van der Waals surface area contributed by atoms with E-state index >= 15 is 0 Å². The summed E-state index contributed by atoms with van der Waals surface area (Å²) in [7, 11) is -5.00. The highest BCUT2D eigenvalue weighted by molar-refractivity contribution is 7.88. The molecule has 1 aromatic carbocycles. The topological polar surface area (TPSA) is 120 Å². The van der Waals surface area contributed by atoms with Gasteiger partial charge in [-0.15, -0.1) is 0 Å². The van der Waals surface area contributed by atoms with Crippen molar-refractivity contribution < 1.29 is 22.6 Å². The fourth-order valence-corrected chi connectivity index (χ4v) is 4.22. The monoisotopic (exact) mass is 392 g/mol. The van der Waals surface area contributed by atoms with Gasteiger partial charge in [-0.25, -0.2) is 14.8 Å². The molecule has 27 heavy (non-hydrogen) atoms. The molecule has 1 N–H and O–H groups in total. The summed E-state index contributed by atoms with van der Waals surface area (Å²) >= 11 is 0. The first-order valence-corrected chi connectivity index (χ1v) is 10.1. The number of aliphatic imine (C=N–C) groups is 2. The molecule has 3 amide bonds. The maximum Gasteiger partial charge on any atom is 0.330 e. The van der Waals surface area contributed by atoms with Gasteiger partial charge >= 0.3 is 21.1 Å². The minimum atomic E-state index is -5.00. The number of hydrogen-bond donors (Lipinski definition) is 1. The number of benzene rings is 1. The van der Waals surface area contributed by atoms with Gasteiger partial charge in [0.2, 0.25) is 0 Å². The van der Waals surface area contributed by atoms with Crippen molar-refractivity contribution in [2.75, 3.05) is 13.1 Å². The van der Waals surface area contributed by atoms with Gasteiger partial charge in [-0.05, 0) is 12.8 Å². The van der Waals surface area contributed by atoms with E-state index in [9.17, 15) is 22.6 Å². The number of amidine groups is 1. The van der Waals surface area contributed by atoms with Crippen molar-refractivity contribution in [3.05, 3.63) is 35.9 Å². The van der Waals surface area contributed by atoms with Crippen molar-refractivity contribution in [2.24, 2.45) is 9.98 Å². The van der Waals surface area contributed by atoms with Crippen LogP contribution in [0.2, 0.25) is 0 Å². The van der Waals surface area contributed by atoms with E-state index in [1.165, 1.54) is 0 Å². The van der Waals surface area contributed by atoms with Gasteiger partial charge in [-0.1, -0.05) is 44.2 Å². The molecule has 2 aliphatic heterocycles. The van der Waals surface area contributed by atoms with Crippen LogP contribution in [0.4, 0.5) is 4.79 Å². The molecule has 0 saturated carbocycles. The molecular formula is C17H20N4O5S. The molecule has 1 aromatic rings. The Hall–Kier alpha value is -2.59. The number of fused-ring (bicyclic) bond motifs is 1. The normalized spacial score (nSPS) is 22.6. The summed E-state index contributed by atoms with van der Waals surface area (Å²) in [5.41, 5.74) is -0.00785. The van der Waals surface area contributed by atoms with Crippen LogP contribution >= 0.6 is 0 Å². The maximum atomic E-state index is 12.9. The van der Waals surface area contributed by atoms with Crippen LogP contribution in [0.1, 0.15) is 32.3 Å². The first kappa shape index (κ1) is 19.2. The van der Waals surface area contributed by atoms with Gasteiger partial charge in [0.15, 0.2) is 11.5 Å². The standard InChI is InChI=1S/C17H20N4O5S/c1-3-10-20-15(22)13-17(27(24,25)26,21(11-4-2)16(20)23)19-14(18-13)12-8-6-5-7-9-12/h5-9H,3-4,10-11H2,1-2H3,(H,24,25,26). The SMILES string of the molecule is CCCN1C(=O)C2=NC(c3ccccc3)=NC2(S(=O)(=O)O)N(CCC)C1=O. The Morgan fingerprint density at radius 2 is 1.70 bits per heavy atom. The zero-order valence-corrected chi connectivity index (χ0v) is 15.8. The molecular weight excluding hydrogens is 372 g/mol. The highest BCUT2D eigenvalue weighted by atomic mass is 32.2. The molecule has 1 atom stereocenters. The molecule has 1 saturated heterocycles. The molecule has 0 spiro atoms. The van der Waals surface area contributed by atoms with Crippen LogP contribution in [-0.4, -0.2) is 64.3 Å². The number of rotatable bonds is 6. The summed E-state index contributed by atoms with van der Waals surface area (Å²) in [5.74, 6) is -0.884. The van der Waals surface area contributed by atoms with Crippen molar-refractivity contribution in [1.29, 1.82) is 0 Å². The van der Waals surface area contributed by atoms with Gasteiger partial charge in [-0.3, -0.25) is 19.1 Å². The Morgan fingerprint density at radius 1 is 1.07 bits per heavy atom. The summed E-state index contributed by atoms with van der Waals surface area (Å²) in [6, 6.07) is 7.67. The maximum absolute atomic E-state index is 12.9. The minimum absolute atomic E-state index is 0.0172. The number of urea groups is 1. The lowest BCUT2D eigenvalue weighted by atomic mass is 10.1. The highest BCUT2D eigenvalue weighted by Gasteiger charge is 2.65. The van der Waals surface area contributed by atoms with E-state index in [4.69, 9.17) is 0 Å². The zero-order valence-electron chi connectivity index (χ0n) is 15.0. The lowest BCUT2D eigenvalue weighted by Gasteiger charge is -2.43. The van der Waals surface area contributed by atoms with Crippen LogP contribution in [0.5, 0.6) is 0 Å². The fraction of sp³-hybridized carbons (Fsp3) is 0.412. The number of carbonyl (C=O) groups is 2.